The highest BCUT2D eigenvalue weighted by atomic mass is 32.1. The molecule has 0 radical (unpaired) electrons. The lowest BCUT2D eigenvalue weighted by atomic mass is 9.98. The molecule has 0 saturated heterocycles. The predicted molar refractivity (Wildman–Crippen MR) is 54.7 cm³/mol. The summed E-state index contributed by atoms with van der Waals surface area (Å²) >= 11 is 1.45. The molecule has 0 aliphatic carbocycles. The molecule has 1 aromatic rings. The van der Waals surface area contributed by atoms with Gasteiger partial charge in [-0.3, -0.25) is 9.59 Å². The van der Waals surface area contributed by atoms with Crippen molar-refractivity contribution >= 4 is 22.9 Å². The third-order valence-electron chi connectivity index (χ3n) is 1.97. The van der Waals surface area contributed by atoms with Crippen LogP contribution in [0.3, 0.4) is 0 Å². The van der Waals surface area contributed by atoms with Crippen LogP contribution in [0.25, 0.3) is 0 Å². The van der Waals surface area contributed by atoms with E-state index in [4.69, 9.17) is 4.74 Å². The maximum Gasteiger partial charge on any atom is 0.173 e. The van der Waals surface area contributed by atoms with E-state index in [1.807, 2.05) is 5.38 Å². The molecule has 0 aromatic carbocycles. The number of ketones is 2. The molecular weight excluding hydrogens is 200 g/mol. The molecular formula is C10H12O3S. The first kappa shape index (κ1) is 11.1. The molecule has 1 heterocycles. The Bertz CT molecular complexity index is 316. The van der Waals surface area contributed by atoms with Crippen molar-refractivity contribution in [1.29, 1.82) is 0 Å². The first-order valence-corrected chi connectivity index (χ1v) is 5.19. The molecule has 76 valence electrons. The second kappa shape index (κ2) is 5.02. The predicted octanol–water partition coefficient (Wildman–Crippen LogP) is 1.78. The molecule has 4 heteroatoms. The van der Waals surface area contributed by atoms with Crippen molar-refractivity contribution in [3.8, 4) is 0 Å². The van der Waals surface area contributed by atoms with Crippen LogP contribution in [0.4, 0.5) is 0 Å². The largest absolute Gasteiger partial charge is 0.377 e. The number of hydrogen-bond acceptors (Lipinski definition) is 4. The minimum absolute atomic E-state index is 0.00293. The smallest absolute Gasteiger partial charge is 0.173 e. The highest BCUT2D eigenvalue weighted by Gasteiger charge is 2.22. The van der Waals surface area contributed by atoms with E-state index in [9.17, 15) is 9.59 Å². The van der Waals surface area contributed by atoms with E-state index in [1.165, 1.54) is 18.4 Å². The Kier molecular flexibility index (Phi) is 3.98. The van der Waals surface area contributed by atoms with Crippen LogP contribution in [-0.4, -0.2) is 25.3 Å². The number of hydrogen-bond donors (Lipinski definition) is 0. The second-order valence-electron chi connectivity index (χ2n) is 3.00. The zero-order chi connectivity index (χ0) is 10.6. The van der Waals surface area contributed by atoms with Crippen LogP contribution in [0.15, 0.2) is 16.8 Å². The molecule has 1 atom stereocenters. The van der Waals surface area contributed by atoms with Crippen molar-refractivity contribution in [3.05, 3.63) is 22.4 Å². The van der Waals surface area contributed by atoms with E-state index >= 15 is 0 Å². The number of methoxy groups -OCH3 is 1. The first-order valence-electron chi connectivity index (χ1n) is 4.25. The van der Waals surface area contributed by atoms with Gasteiger partial charge in [-0.25, -0.2) is 0 Å². The maximum absolute atomic E-state index is 11.7. The van der Waals surface area contributed by atoms with Gasteiger partial charge < -0.3 is 4.74 Å². The van der Waals surface area contributed by atoms with Gasteiger partial charge in [0.25, 0.3) is 0 Å². The highest BCUT2D eigenvalue weighted by molar-refractivity contribution is 7.08. The van der Waals surface area contributed by atoms with E-state index in [0.717, 1.165) is 0 Å². The fourth-order valence-corrected chi connectivity index (χ4v) is 1.71. The van der Waals surface area contributed by atoms with Gasteiger partial charge >= 0.3 is 0 Å². The Hall–Kier alpha value is -1.000. The summed E-state index contributed by atoms with van der Waals surface area (Å²) in [4.78, 5) is 23.0. The summed E-state index contributed by atoms with van der Waals surface area (Å²) in [5.74, 6) is -0.915. The highest BCUT2D eigenvalue weighted by Crippen LogP contribution is 2.13. The molecule has 0 aliphatic heterocycles. The summed E-state index contributed by atoms with van der Waals surface area (Å²) in [6.07, 6.45) is 0. The van der Waals surface area contributed by atoms with Crippen molar-refractivity contribution in [3.63, 3.8) is 0 Å². The van der Waals surface area contributed by atoms with Crippen molar-refractivity contribution in [2.75, 3.05) is 13.7 Å². The SMILES string of the molecule is COCC(=O)C(C)C(=O)c1ccsc1. The third kappa shape index (κ3) is 2.49. The molecule has 0 spiro atoms. The van der Waals surface area contributed by atoms with E-state index in [0.29, 0.717) is 5.56 Å². The van der Waals surface area contributed by atoms with Gasteiger partial charge in [0, 0.05) is 18.1 Å². The van der Waals surface area contributed by atoms with Gasteiger partial charge in [0.1, 0.15) is 6.61 Å². The van der Waals surface area contributed by atoms with Gasteiger partial charge in [-0.1, -0.05) is 0 Å². The number of carbonyl (C=O) groups excluding carboxylic acids is 2. The quantitative estimate of drug-likeness (QED) is 0.552. The lowest BCUT2D eigenvalue weighted by Crippen LogP contribution is -2.24. The second-order valence-corrected chi connectivity index (χ2v) is 3.78. The van der Waals surface area contributed by atoms with Gasteiger partial charge in [-0.15, -0.1) is 0 Å². The lowest BCUT2D eigenvalue weighted by molar-refractivity contribution is -0.124. The fourth-order valence-electron chi connectivity index (χ4n) is 1.07. The van der Waals surface area contributed by atoms with Gasteiger partial charge in [0.15, 0.2) is 11.6 Å². The van der Waals surface area contributed by atoms with E-state index < -0.39 is 5.92 Å². The van der Waals surface area contributed by atoms with Crippen molar-refractivity contribution in [2.45, 2.75) is 6.92 Å². The van der Waals surface area contributed by atoms with Crippen LogP contribution in [0.5, 0.6) is 0 Å². The van der Waals surface area contributed by atoms with Crippen LogP contribution in [0.1, 0.15) is 17.3 Å². The standard InChI is InChI=1S/C10H12O3S/c1-7(9(11)5-13-2)10(12)8-3-4-14-6-8/h3-4,6-7H,5H2,1-2H3. The Morgan fingerprint density at radius 1 is 1.57 bits per heavy atom. The Morgan fingerprint density at radius 2 is 2.29 bits per heavy atom. The summed E-state index contributed by atoms with van der Waals surface area (Å²) < 4.78 is 4.69. The zero-order valence-corrected chi connectivity index (χ0v) is 8.97. The van der Waals surface area contributed by atoms with Crippen molar-refractivity contribution in [1.82, 2.24) is 0 Å². The fraction of sp³-hybridized carbons (Fsp3) is 0.400. The molecule has 1 aromatic heterocycles. The number of ether oxygens (including phenoxy) is 1. The topological polar surface area (TPSA) is 43.4 Å². The number of carbonyl (C=O) groups is 2. The summed E-state index contributed by atoms with van der Waals surface area (Å²) in [6, 6.07) is 1.73. The molecule has 0 fully saturated rings. The van der Waals surface area contributed by atoms with Crippen LogP contribution in [0.2, 0.25) is 0 Å². The molecule has 0 aliphatic rings. The minimum Gasteiger partial charge on any atom is -0.377 e. The Balaban J connectivity index is 2.66. The monoisotopic (exact) mass is 212 g/mol. The maximum atomic E-state index is 11.7. The van der Waals surface area contributed by atoms with Crippen LogP contribution >= 0.6 is 11.3 Å². The van der Waals surface area contributed by atoms with Crippen LogP contribution < -0.4 is 0 Å². The molecule has 14 heavy (non-hydrogen) atoms. The van der Waals surface area contributed by atoms with Gasteiger partial charge in [0.05, 0.1) is 5.92 Å². The summed E-state index contributed by atoms with van der Waals surface area (Å²) in [5.41, 5.74) is 0.604. The van der Waals surface area contributed by atoms with Crippen molar-refractivity contribution in [2.24, 2.45) is 5.92 Å². The lowest BCUT2D eigenvalue weighted by Gasteiger charge is -2.06. The number of Topliss-reactive ketones (excluding diaryl/α,β-unsaturated/α-hetero) is 2. The normalized spacial score (nSPS) is 12.4. The zero-order valence-electron chi connectivity index (χ0n) is 8.15. The summed E-state index contributed by atoms with van der Waals surface area (Å²) in [6.45, 7) is 1.61. The summed E-state index contributed by atoms with van der Waals surface area (Å²) in [7, 11) is 1.44. The first-order chi connectivity index (χ1) is 6.66. The Labute approximate surface area is 86.7 Å². The molecule has 1 unspecified atom stereocenters. The Morgan fingerprint density at radius 3 is 2.79 bits per heavy atom. The van der Waals surface area contributed by atoms with E-state index in [1.54, 1.807) is 18.4 Å². The summed E-state index contributed by atoms with van der Waals surface area (Å²) in [5, 5.41) is 3.57. The minimum atomic E-state index is -0.607. The van der Waals surface area contributed by atoms with Crippen LogP contribution in [-0.2, 0) is 9.53 Å². The van der Waals surface area contributed by atoms with Gasteiger partial charge in [-0.2, -0.15) is 11.3 Å². The van der Waals surface area contributed by atoms with Crippen molar-refractivity contribution < 1.29 is 14.3 Å². The third-order valence-corrected chi connectivity index (χ3v) is 2.65. The van der Waals surface area contributed by atoms with Crippen LogP contribution in [0, 0.1) is 5.92 Å². The number of rotatable bonds is 5. The molecule has 3 nitrogen and oxygen atoms in total. The van der Waals surface area contributed by atoms with E-state index in [-0.39, 0.29) is 18.2 Å². The average Bonchev–Trinajstić information content (AvgIpc) is 2.68. The van der Waals surface area contributed by atoms with Gasteiger partial charge in [-0.05, 0) is 18.4 Å². The molecule has 0 bridgehead atoms. The molecule has 1 rings (SSSR count). The van der Waals surface area contributed by atoms with E-state index in [2.05, 4.69) is 0 Å². The number of thiophene rings is 1. The molecule has 0 N–H and O–H groups in total. The molecule has 0 amide bonds. The van der Waals surface area contributed by atoms with Gasteiger partial charge in [0.2, 0.25) is 0 Å². The average molecular weight is 212 g/mol. The molecule has 0 saturated carbocycles.